The van der Waals surface area contributed by atoms with Gasteiger partial charge in [0.2, 0.25) is 0 Å². The summed E-state index contributed by atoms with van der Waals surface area (Å²) in [7, 11) is 0. The predicted octanol–water partition coefficient (Wildman–Crippen LogP) is 6.67. The van der Waals surface area contributed by atoms with Crippen LogP contribution in [-0.2, 0) is 11.8 Å². The third-order valence-electron chi connectivity index (χ3n) is 3.52. The summed E-state index contributed by atoms with van der Waals surface area (Å²) in [6.07, 6.45) is 0.786. The second kappa shape index (κ2) is 6.83. The number of benzene rings is 2. The van der Waals surface area contributed by atoms with Crippen LogP contribution in [0.1, 0.15) is 25.0 Å². The second-order valence-corrected chi connectivity index (χ2v) is 9.17. The number of hydrogen-bond acceptors (Lipinski definition) is 2. The van der Waals surface area contributed by atoms with Crippen LogP contribution in [0.3, 0.4) is 0 Å². The first-order valence-corrected chi connectivity index (χ1v) is 9.64. The molecule has 0 aliphatic rings. The van der Waals surface area contributed by atoms with Gasteiger partial charge in [-0.05, 0) is 111 Å². The standard InChI is InChI=1S/C16H14Br4O2/c1-16(2,9-5-12(19)15(22)13(20)6-9)7-8-3-10(17)14(21)11(18)4-8/h3-6,21-22H,7H2,1-2H3. The molecule has 2 rings (SSSR count). The maximum atomic E-state index is 9.86. The molecular formula is C16H14Br4O2. The Morgan fingerprint density at radius 3 is 1.55 bits per heavy atom. The van der Waals surface area contributed by atoms with E-state index < -0.39 is 0 Å². The van der Waals surface area contributed by atoms with Gasteiger partial charge < -0.3 is 10.2 Å². The first-order valence-electron chi connectivity index (χ1n) is 6.47. The molecule has 0 saturated carbocycles. The second-order valence-electron chi connectivity index (χ2n) is 5.76. The Morgan fingerprint density at radius 2 is 1.14 bits per heavy atom. The Labute approximate surface area is 163 Å². The van der Waals surface area contributed by atoms with E-state index in [0.29, 0.717) is 17.9 Å². The minimum Gasteiger partial charge on any atom is -0.506 e. The zero-order valence-electron chi connectivity index (χ0n) is 11.9. The molecule has 0 saturated heterocycles. The Morgan fingerprint density at radius 1 is 0.773 bits per heavy atom. The Kier molecular flexibility index (Phi) is 5.68. The molecule has 0 amide bonds. The molecule has 2 nitrogen and oxygen atoms in total. The summed E-state index contributed by atoms with van der Waals surface area (Å²) >= 11 is 13.5. The average molecular weight is 558 g/mol. The van der Waals surface area contributed by atoms with Crippen molar-refractivity contribution in [1.29, 1.82) is 0 Å². The molecule has 118 valence electrons. The number of halogens is 4. The van der Waals surface area contributed by atoms with Crippen LogP contribution in [0.25, 0.3) is 0 Å². The van der Waals surface area contributed by atoms with Crippen molar-refractivity contribution in [2.45, 2.75) is 25.7 Å². The fourth-order valence-corrected chi connectivity index (χ4v) is 4.76. The molecule has 0 radical (unpaired) electrons. The largest absolute Gasteiger partial charge is 0.506 e. The van der Waals surface area contributed by atoms with Gasteiger partial charge in [-0.1, -0.05) is 13.8 Å². The molecule has 0 spiro atoms. The van der Waals surface area contributed by atoms with Crippen LogP contribution in [-0.4, -0.2) is 10.2 Å². The van der Waals surface area contributed by atoms with Crippen LogP contribution in [0.15, 0.2) is 42.2 Å². The van der Waals surface area contributed by atoms with Gasteiger partial charge in [0.15, 0.2) is 0 Å². The number of hydrogen-bond donors (Lipinski definition) is 2. The molecule has 0 aromatic heterocycles. The zero-order valence-corrected chi connectivity index (χ0v) is 18.3. The van der Waals surface area contributed by atoms with Crippen LogP contribution in [0.4, 0.5) is 0 Å². The van der Waals surface area contributed by atoms with Gasteiger partial charge in [0, 0.05) is 0 Å². The molecule has 0 atom stereocenters. The van der Waals surface area contributed by atoms with E-state index >= 15 is 0 Å². The maximum absolute atomic E-state index is 9.86. The molecule has 0 fully saturated rings. The Bertz CT molecular complexity index is 680. The van der Waals surface area contributed by atoms with Crippen molar-refractivity contribution in [3.05, 3.63) is 53.3 Å². The molecule has 0 aliphatic carbocycles. The highest BCUT2D eigenvalue weighted by atomic mass is 79.9. The summed E-state index contributed by atoms with van der Waals surface area (Å²) in [5.74, 6) is 0.409. The zero-order chi connectivity index (χ0) is 16.7. The van der Waals surface area contributed by atoms with Crippen molar-refractivity contribution in [2.24, 2.45) is 0 Å². The van der Waals surface area contributed by atoms with Gasteiger partial charge in [-0.2, -0.15) is 0 Å². The summed E-state index contributed by atoms with van der Waals surface area (Å²) in [5, 5.41) is 19.7. The first-order chi connectivity index (χ1) is 10.1. The van der Waals surface area contributed by atoms with Gasteiger partial charge in [-0.25, -0.2) is 0 Å². The van der Waals surface area contributed by atoms with Crippen molar-refractivity contribution in [3.63, 3.8) is 0 Å². The van der Waals surface area contributed by atoms with E-state index in [1.165, 1.54) is 0 Å². The minimum absolute atomic E-state index is 0.144. The third kappa shape index (κ3) is 3.89. The molecule has 2 aromatic rings. The monoisotopic (exact) mass is 554 g/mol. The average Bonchev–Trinajstić information content (AvgIpc) is 2.41. The topological polar surface area (TPSA) is 40.5 Å². The van der Waals surface area contributed by atoms with Gasteiger partial charge in [0.1, 0.15) is 11.5 Å². The SMILES string of the molecule is CC(C)(Cc1cc(Br)c(O)c(Br)c1)c1cc(Br)c(O)c(Br)c1. The molecule has 6 heteroatoms. The van der Waals surface area contributed by atoms with Crippen LogP contribution in [0.2, 0.25) is 0 Å². The quantitative estimate of drug-likeness (QED) is 0.443. The Balaban J connectivity index is 2.39. The Hall–Kier alpha value is -0.0400. The highest BCUT2D eigenvalue weighted by molar-refractivity contribution is 9.11. The molecule has 2 N–H and O–H groups in total. The van der Waals surface area contributed by atoms with Gasteiger partial charge in [-0.3, -0.25) is 0 Å². The van der Waals surface area contributed by atoms with E-state index in [1.54, 1.807) is 0 Å². The van der Waals surface area contributed by atoms with Crippen molar-refractivity contribution in [1.82, 2.24) is 0 Å². The van der Waals surface area contributed by atoms with E-state index in [1.807, 2.05) is 24.3 Å². The van der Waals surface area contributed by atoms with Crippen LogP contribution in [0, 0.1) is 0 Å². The van der Waals surface area contributed by atoms with Crippen molar-refractivity contribution in [2.75, 3.05) is 0 Å². The van der Waals surface area contributed by atoms with E-state index in [9.17, 15) is 10.2 Å². The van der Waals surface area contributed by atoms with E-state index in [-0.39, 0.29) is 16.9 Å². The lowest BCUT2D eigenvalue weighted by Gasteiger charge is -2.26. The summed E-state index contributed by atoms with van der Waals surface area (Å²) in [4.78, 5) is 0. The summed E-state index contributed by atoms with van der Waals surface area (Å²) in [6, 6.07) is 7.72. The highest BCUT2D eigenvalue weighted by Crippen LogP contribution is 2.40. The van der Waals surface area contributed by atoms with E-state index in [2.05, 4.69) is 77.6 Å². The van der Waals surface area contributed by atoms with Crippen molar-refractivity contribution < 1.29 is 10.2 Å². The molecule has 2 aromatic carbocycles. The molecule has 22 heavy (non-hydrogen) atoms. The van der Waals surface area contributed by atoms with E-state index in [0.717, 1.165) is 17.5 Å². The molecule has 0 aliphatic heterocycles. The van der Waals surface area contributed by atoms with Crippen molar-refractivity contribution >= 4 is 63.7 Å². The lowest BCUT2D eigenvalue weighted by atomic mass is 9.79. The summed E-state index contributed by atoms with van der Waals surface area (Å²) in [5.41, 5.74) is 2.06. The summed E-state index contributed by atoms with van der Waals surface area (Å²) in [6.45, 7) is 4.29. The van der Waals surface area contributed by atoms with Crippen LogP contribution in [0.5, 0.6) is 11.5 Å². The van der Waals surface area contributed by atoms with Gasteiger partial charge in [-0.15, -0.1) is 0 Å². The number of aromatic hydroxyl groups is 2. The van der Waals surface area contributed by atoms with Gasteiger partial charge >= 0.3 is 0 Å². The molecule has 0 unspecified atom stereocenters. The van der Waals surface area contributed by atoms with Crippen LogP contribution >= 0.6 is 63.7 Å². The van der Waals surface area contributed by atoms with Crippen molar-refractivity contribution in [3.8, 4) is 11.5 Å². The van der Waals surface area contributed by atoms with Gasteiger partial charge in [0.25, 0.3) is 0 Å². The number of phenolic OH excluding ortho intramolecular Hbond substituents is 2. The predicted molar refractivity (Wildman–Crippen MR) is 104 cm³/mol. The number of phenols is 2. The third-order valence-corrected chi connectivity index (χ3v) is 5.94. The molecule has 0 heterocycles. The highest BCUT2D eigenvalue weighted by Gasteiger charge is 2.24. The fourth-order valence-electron chi connectivity index (χ4n) is 2.29. The van der Waals surface area contributed by atoms with Gasteiger partial charge in [0.05, 0.1) is 17.9 Å². The fraction of sp³-hybridized carbons (Fsp3) is 0.250. The normalized spacial score (nSPS) is 11.7. The maximum Gasteiger partial charge on any atom is 0.143 e. The smallest absolute Gasteiger partial charge is 0.143 e. The number of rotatable bonds is 3. The lowest BCUT2D eigenvalue weighted by Crippen LogP contribution is -2.20. The first kappa shape index (κ1) is 18.3. The summed E-state index contributed by atoms with van der Waals surface area (Å²) < 4.78 is 2.66. The van der Waals surface area contributed by atoms with Crippen LogP contribution < -0.4 is 0 Å². The lowest BCUT2D eigenvalue weighted by molar-refractivity contribution is 0.463. The molecule has 0 bridgehead atoms. The van der Waals surface area contributed by atoms with E-state index in [4.69, 9.17) is 0 Å². The molecular weight excluding hydrogens is 544 g/mol. The minimum atomic E-state index is -0.144.